The fraction of sp³-hybridized carbons (Fsp3) is 0.333. The van der Waals surface area contributed by atoms with E-state index in [1.165, 1.54) is 5.56 Å². The van der Waals surface area contributed by atoms with Gasteiger partial charge in [-0.3, -0.25) is 4.68 Å². The zero-order chi connectivity index (χ0) is 20.5. The van der Waals surface area contributed by atoms with Crippen LogP contribution in [0.3, 0.4) is 0 Å². The summed E-state index contributed by atoms with van der Waals surface area (Å²) < 4.78 is 6.25. The molecule has 1 aromatic carbocycles. The van der Waals surface area contributed by atoms with Crippen LogP contribution in [-0.2, 0) is 19.8 Å². The summed E-state index contributed by atoms with van der Waals surface area (Å²) in [5.74, 6) is 2.78. The van der Waals surface area contributed by atoms with Crippen molar-refractivity contribution in [1.82, 2.24) is 33.6 Å². The molecule has 0 bridgehead atoms. The Morgan fingerprint density at radius 3 is 2.53 bits per heavy atom. The van der Waals surface area contributed by atoms with Crippen LogP contribution in [0.4, 0.5) is 5.82 Å². The zero-order valence-corrected chi connectivity index (χ0v) is 18.0. The quantitative estimate of drug-likeness (QED) is 0.460. The molecule has 30 heavy (non-hydrogen) atoms. The fourth-order valence-corrected chi connectivity index (χ4v) is 4.73. The van der Waals surface area contributed by atoms with Gasteiger partial charge in [0.1, 0.15) is 12.2 Å². The summed E-state index contributed by atoms with van der Waals surface area (Å²) in [6.45, 7) is 3.83. The lowest BCUT2D eigenvalue weighted by Gasteiger charge is -2.34. The van der Waals surface area contributed by atoms with E-state index in [-0.39, 0.29) is 0 Å². The van der Waals surface area contributed by atoms with E-state index in [2.05, 4.69) is 54.6 Å². The normalized spacial score (nSPS) is 15.2. The van der Waals surface area contributed by atoms with Crippen molar-refractivity contribution in [2.75, 3.05) is 31.1 Å². The van der Waals surface area contributed by atoms with E-state index < -0.39 is 0 Å². The minimum Gasteiger partial charge on any atom is -0.352 e. The van der Waals surface area contributed by atoms with Crippen molar-refractivity contribution in [3.05, 3.63) is 54.6 Å². The van der Waals surface area contributed by atoms with Gasteiger partial charge in [-0.25, -0.2) is 19.3 Å². The number of fused-ring (bicyclic) bond motifs is 1. The number of rotatable bonds is 5. The van der Waals surface area contributed by atoms with E-state index in [1.54, 1.807) is 11.0 Å². The maximum Gasteiger partial charge on any atom is 0.165 e. The molecule has 0 unspecified atom stereocenters. The monoisotopic (exact) mass is 420 g/mol. The Bertz CT molecular complexity index is 1140. The molecule has 0 radical (unpaired) electrons. The first kappa shape index (κ1) is 19.1. The van der Waals surface area contributed by atoms with Gasteiger partial charge in [0.05, 0.1) is 11.8 Å². The van der Waals surface area contributed by atoms with Gasteiger partial charge < -0.3 is 9.47 Å². The molecule has 0 aliphatic carbocycles. The van der Waals surface area contributed by atoms with Gasteiger partial charge in [-0.1, -0.05) is 42.3 Å². The van der Waals surface area contributed by atoms with Crippen LogP contribution < -0.4 is 4.90 Å². The number of benzene rings is 1. The molecule has 9 heteroatoms. The van der Waals surface area contributed by atoms with Crippen molar-refractivity contribution >= 4 is 28.9 Å². The first-order chi connectivity index (χ1) is 14.7. The van der Waals surface area contributed by atoms with E-state index in [1.807, 2.05) is 43.0 Å². The molecule has 0 saturated carbocycles. The lowest BCUT2D eigenvalue weighted by atomic mass is 10.2. The molecular formula is C21H24N8S. The van der Waals surface area contributed by atoms with Crippen LogP contribution in [0.5, 0.6) is 0 Å². The average molecular weight is 421 g/mol. The third-order valence-corrected chi connectivity index (χ3v) is 6.59. The molecule has 1 aliphatic rings. The standard InChI is InChI=1S/C21H24N8S/c1-26-13-17(12-24-26)19-25-18-20(27(19)2)22-15-23-21(18)28-8-10-29(11-9-28)30-14-16-6-4-3-5-7-16/h3-7,12-13,15H,8-11,14H2,1-2H3. The van der Waals surface area contributed by atoms with Gasteiger partial charge in [0.25, 0.3) is 0 Å². The van der Waals surface area contributed by atoms with Crippen molar-refractivity contribution in [3.63, 3.8) is 0 Å². The van der Waals surface area contributed by atoms with Gasteiger partial charge in [-0.05, 0) is 5.56 Å². The lowest BCUT2D eigenvalue weighted by molar-refractivity contribution is 0.428. The Morgan fingerprint density at radius 2 is 1.80 bits per heavy atom. The van der Waals surface area contributed by atoms with Gasteiger partial charge in [0.15, 0.2) is 17.0 Å². The summed E-state index contributed by atoms with van der Waals surface area (Å²) in [4.78, 5) is 16.3. The SMILES string of the molecule is Cn1cc(-c2nc3c(N4CCN(SCc5ccccc5)CC4)ncnc3n2C)cn1. The summed E-state index contributed by atoms with van der Waals surface area (Å²) in [6, 6.07) is 10.6. The predicted octanol–water partition coefficient (Wildman–Crippen LogP) is 2.73. The molecule has 4 aromatic rings. The molecule has 4 heterocycles. The maximum atomic E-state index is 4.89. The molecule has 3 aromatic heterocycles. The van der Waals surface area contributed by atoms with E-state index in [9.17, 15) is 0 Å². The summed E-state index contributed by atoms with van der Waals surface area (Å²) in [7, 11) is 3.90. The van der Waals surface area contributed by atoms with E-state index in [0.717, 1.165) is 60.3 Å². The Labute approximate surface area is 179 Å². The summed E-state index contributed by atoms with van der Waals surface area (Å²) in [5, 5.41) is 4.27. The van der Waals surface area contributed by atoms with Crippen LogP contribution in [0, 0.1) is 0 Å². The van der Waals surface area contributed by atoms with Crippen LogP contribution >= 0.6 is 11.9 Å². The predicted molar refractivity (Wildman–Crippen MR) is 120 cm³/mol. The minimum absolute atomic E-state index is 0.847. The largest absolute Gasteiger partial charge is 0.352 e. The first-order valence-corrected chi connectivity index (χ1v) is 11.0. The molecule has 8 nitrogen and oxygen atoms in total. The number of imidazole rings is 1. The Kier molecular flexibility index (Phi) is 5.14. The van der Waals surface area contributed by atoms with Crippen LogP contribution in [0.25, 0.3) is 22.6 Å². The number of hydrogen-bond donors (Lipinski definition) is 0. The van der Waals surface area contributed by atoms with Crippen LogP contribution in [0.2, 0.25) is 0 Å². The number of aryl methyl sites for hydroxylation is 2. The molecule has 0 spiro atoms. The number of aromatic nitrogens is 6. The number of nitrogens with zero attached hydrogens (tertiary/aromatic N) is 8. The van der Waals surface area contributed by atoms with Crippen molar-refractivity contribution in [3.8, 4) is 11.4 Å². The third kappa shape index (κ3) is 3.66. The Balaban J connectivity index is 1.32. The van der Waals surface area contributed by atoms with Crippen molar-refractivity contribution < 1.29 is 0 Å². The second kappa shape index (κ2) is 8.08. The van der Waals surface area contributed by atoms with Crippen LogP contribution in [-0.4, -0.2) is 59.8 Å². The molecule has 0 N–H and O–H groups in total. The highest BCUT2D eigenvalue weighted by molar-refractivity contribution is 7.96. The molecule has 1 aliphatic heterocycles. The first-order valence-electron chi connectivity index (χ1n) is 10.0. The second-order valence-electron chi connectivity index (χ2n) is 7.44. The average Bonchev–Trinajstić information content (AvgIpc) is 3.36. The number of piperazine rings is 1. The number of anilines is 1. The van der Waals surface area contributed by atoms with Gasteiger partial charge in [0.2, 0.25) is 0 Å². The summed E-state index contributed by atoms with van der Waals surface area (Å²) in [6.07, 6.45) is 5.44. The third-order valence-electron chi connectivity index (χ3n) is 5.39. The van der Waals surface area contributed by atoms with Crippen molar-refractivity contribution in [2.45, 2.75) is 5.75 Å². The van der Waals surface area contributed by atoms with Crippen LogP contribution in [0.15, 0.2) is 49.1 Å². The van der Waals surface area contributed by atoms with Gasteiger partial charge in [-0.2, -0.15) is 5.10 Å². The maximum absolute atomic E-state index is 4.89. The van der Waals surface area contributed by atoms with Crippen molar-refractivity contribution in [1.29, 1.82) is 0 Å². The lowest BCUT2D eigenvalue weighted by Crippen LogP contribution is -2.44. The second-order valence-corrected chi connectivity index (χ2v) is 8.50. The highest BCUT2D eigenvalue weighted by Crippen LogP contribution is 2.29. The molecule has 5 rings (SSSR count). The molecular weight excluding hydrogens is 396 g/mol. The highest BCUT2D eigenvalue weighted by Gasteiger charge is 2.23. The Morgan fingerprint density at radius 1 is 1.00 bits per heavy atom. The summed E-state index contributed by atoms with van der Waals surface area (Å²) in [5.41, 5.74) is 4.04. The zero-order valence-electron chi connectivity index (χ0n) is 17.1. The topological polar surface area (TPSA) is 67.9 Å². The Hall–Kier alpha value is -2.91. The molecule has 154 valence electrons. The van der Waals surface area contributed by atoms with Gasteiger partial charge in [0, 0.05) is 52.2 Å². The summed E-state index contributed by atoms with van der Waals surface area (Å²) >= 11 is 1.90. The van der Waals surface area contributed by atoms with E-state index in [0.29, 0.717) is 0 Å². The molecule has 1 fully saturated rings. The van der Waals surface area contributed by atoms with Gasteiger partial charge >= 0.3 is 0 Å². The molecule has 0 atom stereocenters. The van der Waals surface area contributed by atoms with E-state index in [4.69, 9.17) is 4.98 Å². The minimum atomic E-state index is 0.847. The fourth-order valence-electron chi connectivity index (χ4n) is 3.78. The highest BCUT2D eigenvalue weighted by atomic mass is 32.2. The van der Waals surface area contributed by atoms with Crippen molar-refractivity contribution in [2.24, 2.45) is 14.1 Å². The molecule has 0 amide bonds. The smallest absolute Gasteiger partial charge is 0.165 e. The van der Waals surface area contributed by atoms with Crippen LogP contribution in [0.1, 0.15) is 5.56 Å². The van der Waals surface area contributed by atoms with E-state index >= 15 is 0 Å². The number of hydrogen-bond acceptors (Lipinski definition) is 7. The van der Waals surface area contributed by atoms with Gasteiger partial charge in [-0.15, -0.1) is 0 Å². The molecule has 1 saturated heterocycles.